The van der Waals surface area contributed by atoms with Gasteiger partial charge in [-0.15, -0.1) is 0 Å². The summed E-state index contributed by atoms with van der Waals surface area (Å²) >= 11 is 6.02. The van der Waals surface area contributed by atoms with Gasteiger partial charge in [-0.25, -0.2) is 9.67 Å². The smallest absolute Gasteiger partial charge is 0.267 e. The molecule has 0 fully saturated rings. The summed E-state index contributed by atoms with van der Waals surface area (Å²) in [5, 5.41) is 5.35. The van der Waals surface area contributed by atoms with Gasteiger partial charge in [0.15, 0.2) is 11.4 Å². The Labute approximate surface area is 207 Å². The molecule has 5 aromatic rings. The largest absolute Gasteiger partial charge is 0.497 e. The molecule has 0 bridgehead atoms. The SMILES string of the molecule is COc1ccc(COc2cccn3c(=O)c(-c4cc(C)n(-c5ccc(Cl)cc5)n4)c(C)nc23)cc1. The van der Waals surface area contributed by atoms with Gasteiger partial charge < -0.3 is 9.47 Å². The van der Waals surface area contributed by atoms with Crippen molar-refractivity contribution in [1.29, 1.82) is 0 Å². The lowest BCUT2D eigenvalue weighted by atomic mass is 10.1. The van der Waals surface area contributed by atoms with E-state index >= 15 is 0 Å². The van der Waals surface area contributed by atoms with Crippen LogP contribution in [0.25, 0.3) is 22.6 Å². The van der Waals surface area contributed by atoms with Crippen LogP contribution in [0.2, 0.25) is 5.02 Å². The van der Waals surface area contributed by atoms with Crippen molar-refractivity contribution >= 4 is 17.2 Å². The molecule has 0 aliphatic heterocycles. The first-order valence-electron chi connectivity index (χ1n) is 11.1. The molecule has 3 heterocycles. The lowest BCUT2D eigenvalue weighted by molar-refractivity contribution is 0.307. The maximum Gasteiger partial charge on any atom is 0.267 e. The molecule has 176 valence electrons. The molecule has 0 aliphatic carbocycles. The predicted octanol–water partition coefficient (Wildman–Crippen LogP) is 5.41. The Morgan fingerprint density at radius 1 is 1.00 bits per heavy atom. The van der Waals surface area contributed by atoms with E-state index in [0.717, 1.165) is 22.7 Å². The zero-order valence-electron chi connectivity index (χ0n) is 19.5. The second kappa shape index (κ2) is 9.27. The van der Waals surface area contributed by atoms with Crippen LogP contribution in [0.3, 0.4) is 0 Å². The van der Waals surface area contributed by atoms with Crippen LogP contribution in [0.5, 0.6) is 11.5 Å². The minimum Gasteiger partial charge on any atom is -0.497 e. The zero-order chi connectivity index (χ0) is 24.5. The van der Waals surface area contributed by atoms with E-state index in [4.69, 9.17) is 31.2 Å². The minimum absolute atomic E-state index is 0.205. The van der Waals surface area contributed by atoms with Crippen molar-refractivity contribution in [2.45, 2.75) is 20.5 Å². The number of hydrogen-bond donors (Lipinski definition) is 0. The van der Waals surface area contributed by atoms with E-state index in [1.165, 1.54) is 4.40 Å². The van der Waals surface area contributed by atoms with Crippen LogP contribution in [-0.2, 0) is 6.61 Å². The minimum atomic E-state index is -0.205. The van der Waals surface area contributed by atoms with E-state index in [-0.39, 0.29) is 5.56 Å². The third-order valence-corrected chi connectivity index (χ3v) is 6.02. The standard InChI is InChI=1S/C27H23ClN4O3/c1-17-15-23(30-32(17)21-10-8-20(28)9-11-21)25-18(2)29-26-24(5-4-14-31(26)27(25)33)35-16-19-6-12-22(34-3)13-7-19/h4-15H,16H2,1-3H3. The summed E-state index contributed by atoms with van der Waals surface area (Å²) in [4.78, 5) is 18.3. The van der Waals surface area contributed by atoms with Gasteiger partial charge in [-0.3, -0.25) is 9.20 Å². The highest BCUT2D eigenvalue weighted by atomic mass is 35.5. The van der Waals surface area contributed by atoms with E-state index in [9.17, 15) is 4.79 Å². The summed E-state index contributed by atoms with van der Waals surface area (Å²) in [6.07, 6.45) is 1.69. The molecule has 7 nitrogen and oxygen atoms in total. The number of rotatable bonds is 6. The van der Waals surface area contributed by atoms with Crippen LogP contribution < -0.4 is 15.0 Å². The zero-order valence-corrected chi connectivity index (χ0v) is 20.3. The molecule has 0 saturated carbocycles. The Balaban J connectivity index is 1.51. The third kappa shape index (κ3) is 4.38. The van der Waals surface area contributed by atoms with Crippen molar-refractivity contribution in [3.63, 3.8) is 0 Å². The highest BCUT2D eigenvalue weighted by molar-refractivity contribution is 6.30. The van der Waals surface area contributed by atoms with E-state index in [0.29, 0.717) is 40.0 Å². The van der Waals surface area contributed by atoms with E-state index < -0.39 is 0 Å². The van der Waals surface area contributed by atoms with Gasteiger partial charge in [0.1, 0.15) is 18.1 Å². The number of pyridine rings is 1. The van der Waals surface area contributed by atoms with Crippen molar-refractivity contribution in [3.05, 3.63) is 105 Å². The van der Waals surface area contributed by atoms with Gasteiger partial charge in [-0.2, -0.15) is 5.10 Å². The number of halogens is 1. The molecule has 0 unspecified atom stereocenters. The summed E-state index contributed by atoms with van der Waals surface area (Å²) in [7, 11) is 1.63. The quantitative estimate of drug-likeness (QED) is 0.321. The summed E-state index contributed by atoms with van der Waals surface area (Å²) in [6.45, 7) is 4.09. The fraction of sp³-hybridized carbons (Fsp3) is 0.148. The van der Waals surface area contributed by atoms with Gasteiger partial charge in [-0.05, 0) is 74.0 Å². The molecule has 0 aliphatic rings. The van der Waals surface area contributed by atoms with Crippen LogP contribution in [0.1, 0.15) is 17.0 Å². The number of methoxy groups -OCH3 is 1. The molecule has 0 radical (unpaired) electrons. The normalized spacial score (nSPS) is 11.1. The molecule has 0 amide bonds. The fourth-order valence-corrected chi connectivity index (χ4v) is 4.10. The number of aromatic nitrogens is 4. The highest BCUT2D eigenvalue weighted by Gasteiger charge is 2.18. The van der Waals surface area contributed by atoms with Gasteiger partial charge in [0, 0.05) is 16.9 Å². The average molecular weight is 487 g/mol. The second-order valence-electron chi connectivity index (χ2n) is 8.14. The lowest BCUT2D eigenvalue weighted by Crippen LogP contribution is -2.19. The number of benzene rings is 2. The summed E-state index contributed by atoms with van der Waals surface area (Å²) in [5.41, 5.74) is 4.57. The molecule has 0 N–H and O–H groups in total. The Hall–Kier alpha value is -4.10. The monoisotopic (exact) mass is 486 g/mol. The molecule has 35 heavy (non-hydrogen) atoms. The topological polar surface area (TPSA) is 70.7 Å². The van der Waals surface area contributed by atoms with Crippen LogP contribution in [0.15, 0.2) is 77.7 Å². The Morgan fingerprint density at radius 3 is 2.46 bits per heavy atom. The Bertz CT molecular complexity index is 1570. The van der Waals surface area contributed by atoms with Crippen molar-refractivity contribution in [1.82, 2.24) is 19.2 Å². The number of ether oxygens (including phenoxy) is 2. The van der Waals surface area contributed by atoms with Gasteiger partial charge in [0.25, 0.3) is 5.56 Å². The molecule has 2 aromatic carbocycles. The number of aryl methyl sites for hydroxylation is 2. The van der Waals surface area contributed by atoms with Crippen LogP contribution >= 0.6 is 11.6 Å². The van der Waals surface area contributed by atoms with Crippen LogP contribution in [-0.4, -0.2) is 26.3 Å². The van der Waals surface area contributed by atoms with Gasteiger partial charge >= 0.3 is 0 Å². The molecule has 0 atom stereocenters. The van der Waals surface area contributed by atoms with E-state index in [1.54, 1.807) is 24.1 Å². The molecule has 8 heteroatoms. The third-order valence-electron chi connectivity index (χ3n) is 5.77. The predicted molar refractivity (Wildman–Crippen MR) is 136 cm³/mol. The second-order valence-corrected chi connectivity index (χ2v) is 8.58. The number of hydrogen-bond acceptors (Lipinski definition) is 5. The number of nitrogens with zero attached hydrogens (tertiary/aromatic N) is 4. The molecule has 3 aromatic heterocycles. The maximum absolute atomic E-state index is 13.5. The van der Waals surface area contributed by atoms with Gasteiger partial charge in [0.2, 0.25) is 0 Å². The van der Waals surface area contributed by atoms with Gasteiger partial charge in [-0.1, -0.05) is 23.7 Å². The van der Waals surface area contributed by atoms with Crippen molar-refractivity contribution in [3.8, 4) is 28.4 Å². The number of fused-ring (bicyclic) bond motifs is 1. The average Bonchev–Trinajstić information content (AvgIpc) is 3.24. The van der Waals surface area contributed by atoms with E-state index in [2.05, 4.69) is 0 Å². The van der Waals surface area contributed by atoms with Crippen molar-refractivity contribution in [2.24, 2.45) is 0 Å². The lowest BCUT2D eigenvalue weighted by Gasteiger charge is -2.12. The van der Waals surface area contributed by atoms with Crippen LogP contribution in [0.4, 0.5) is 0 Å². The molecular weight excluding hydrogens is 464 g/mol. The maximum atomic E-state index is 13.5. The molecular formula is C27H23ClN4O3. The Kier molecular flexibility index (Phi) is 6.01. The van der Waals surface area contributed by atoms with Crippen LogP contribution in [0, 0.1) is 13.8 Å². The highest BCUT2D eigenvalue weighted by Crippen LogP contribution is 2.25. The Morgan fingerprint density at radius 2 is 1.74 bits per heavy atom. The van der Waals surface area contributed by atoms with Crippen molar-refractivity contribution in [2.75, 3.05) is 7.11 Å². The fourth-order valence-electron chi connectivity index (χ4n) is 3.97. The molecule has 0 spiro atoms. The van der Waals surface area contributed by atoms with Crippen molar-refractivity contribution < 1.29 is 9.47 Å². The summed E-state index contributed by atoms with van der Waals surface area (Å²) < 4.78 is 14.5. The van der Waals surface area contributed by atoms with Gasteiger partial charge in [0.05, 0.1) is 24.1 Å². The van der Waals surface area contributed by atoms with E-state index in [1.807, 2.05) is 74.5 Å². The summed E-state index contributed by atoms with van der Waals surface area (Å²) in [5.74, 6) is 1.31. The first-order chi connectivity index (χ1) is 16.9. The molecule has 0 saturated heterocycles. The molecule has 5 rings (SSSR count). The summed E-state index contributed by atoms with van der Waals surface area (Å²) in [6, 6.07) is 20.5. The first kappa shape index (κ1) is 22.7. The first-order valence-corrected chi connectivity index (χ1v) is 11.4.